The normalized spacial score (nSPS) is 19.3. The minimum absolute atomic E-state index is 0.168. The second-order valence-corrected chi connectivity index (χ2v) is 7.12. The number of aryl methyl sites for hydroxylation is 1. The third kappa shape index (κ3) is 2.99. The lowest BCUT2D eigenvalue weighted by atomic mass is 9.82. The summed E-state index contributed by atoms with van der Waals surface area (Å²) >= 11 is 0. The van der Waals surface area contributed by atoms with Crippen LogP contribution in [0.25, 0.3) is 10.8 Å². The molecule has 3 nitrogen and oxygen atoms in total. The third-order valence-corrected chi connectivity index (χ3v) is 5.31. The first-order chi connectivity index (χ1) is 12.6. The zero-order chi connectivity index (χ0) is 18.1. The first kappa shape index (κ1) is 16.8. The molecule has 1 aliphatic carbocycles. The molecule has 0 saturated carbocycles. The number of hydrogen-bond acceptors (Lipinski definition) is 3. The van der Waals surface area contributed by atoms with E-state index in [1.54, 1.807) is 12.1 Å². The number of ether oxygens (including phenoxy) is 1. The van der Waals surface area contributed by atoms with Gasteiger partial charge in [-0.05, 0) is 55.4 Å². The molecular formula is C23H23NO2. The molecule has 0 radical (unpaired) electrons. The molecule has 0 saturated heterocycles. The summed E-state index contributed by atoms with van der Waals surface area (Å²) in [6.07, 6.45) is 1.71. The summed E-state index contributed by atoms with van der Waals surface area (Å²) in [5, 5.41) is 2.37. The molecule has 0 fully saturated rings. The second-order valence-electron chi connectivity index (χ2n) is 7.12. The first-order valence-electron chi connectivity index (χ1n) is 9.08. The third-order valence-electron chi connectivity index (χ3n) is 5.31. The predicted octanol–water partition coefficient (Wildman–Crippen LogP) is 4.61. The number of hydrogen-bond donors (Lipinski definition) is 0. The number of fused-ring (bicyclic) bond motifs is 3. The molecule has 0 N–H and O–H groups in total. The zero-order valence-corrected chi connectivity index (χ0v) is 15.2. The average molecular weight is 345 g/mol. The van der Waals surface area contributed by atoms with E-state index in [4.69, 9.17) is 4.74 Å². The molecule has 3 aromatic carbocycles. The lowest BCUT2D eigenvalue weighted by Gasteiger charge is -2.37. The Morgan fingerprint density at radius 2 is 1.69 bits per heavy atom. The molecule has 0 aliphatic heterocycles. The number of benzene rings is 3. The van der Waals surface area contributed by atoms with Crippen LogP contribution < -0.4 is 0 Å². The number of carbonyl (C=O) groups is 1. The minimum Gasteiger partial charge on any atom is -0.452 e. The molecule has 0 unspecified atom stereocenters. The van der Waals surface area contributed by atoms with E-state index in [0.29, 0.717) is 5.56 Å². The van der Waals surface area contributed by atoms with Crippen LogP contribution in [0.3, 0.4) is 0 Å². The largest absolute Gasteiger partial charge is 0.452 e. The van der Waals surface area contributed by atoms with Gasteiger partial charge < -0.3 is 9.64 Å². The molecule has 26 heavy (non-hydrogen) atoms. The van der Waals surface area contributed by atoms with Crippen molar-refractivity contribution in [2.75, 3.05) is 14.1 Å². The van der Waals surface area contributed by atoms with Gasteiger partial charge in [0.2, 0.25) is 0 Å². The Bertz CT molecular complexity index is 933. The number of rotatable bonds is 3. The molecule has 4 rings (SSSR count). The van der Waals surface area contributed by atoms with Crippen LogP contribution in [0, 0.1) is 0 Å². The second kappa shape index (κ2) is 6.93. The van der Waals surface area contributed by atoms with Crippen LogP contribution in [0.15, 0.2) is 66.7 Å². The van der Waals surface area contributed by atoms with Crippen LogP contribution in [0.5, 0.6) is 0 Å². The van der Waals surface area contributed by atoms with Crippen LogP contribution in [-0.2, 0) is 11.2 Å². The van der Waals surface area contributed by atoms with Crippen LogP contribution >= 0.6 is 0 Å². The fourth-order valence-corrected chi connectivity index (χ4v) is 3.97. The molecule has 2 atom stereocenters. The Hall–Kier alpha value is -2.65. The van der Waals surface area contributed by atoms with Crippen LogP contribution in [0.2, 0.25) is 0 Å². The van der Waals surface area contributed by atoms with Crippen LogP contribution in [0.1, 0.15) is 34.0 Å². The SMILES string of the molecule is CN(C)[C@H]1CCc2ccc3ccccc3c2[C@H]1OC(=O)c1ccccc1. The molecule has 3 heteroatoms. The lowest BCUT2D eigenvalue weighted by Crippen LogP contribution is -2.39. The van der Waals surface area contributed by atoms with Crippen molar-refractivity contribution in [2.45, 2.75) is 25.0 Å². The smallest absolute Gasteiger partial charge is 0.338 e. The maximum atomic E-state index is 12.8. The van der Waals surface area contributed by atoms with Crippen molar-refractivity contribution < 1.29 is 9.53 Å². The summed E-state index contributed by atoms with van der Waals surface area (Å²) in [5.41, 5.74) is 3.04. The highest BCUT2D eigenvalue weighted by Gasteiger charge is 2.35. The van der Waals surface area contributed by atoms with Crippen molar-refractivity contribution in [3.63, 3.8) is 0 Å². The number of likely N-dealkylation sites (N-methyl/N-ethyl adjacent to an activating group) is 1. The maximum absolute atomic E-state index is 12.8. The molecule has 0 amide bonds. The van der Waals surface area contributed by atoms with Gasteiger partial charge in [-0.15, -0.1) is 0 Å². The fraction of sp³-hybridized carbons (Fsp3) is 0.261. The minimum atomic E-state index is -0.271. The van der Waals surface area contributed by atoms with Gasteiger partial charge in [-0.25, -0.2) is 4.79 Å². The predicted molar refractivity (Wildman–Crippen MR) is 104 cm³/mol. The highest BCUT2D eigenvalue weighted by Crippen LogP contribution is 2.39. The van der Waals surface area contributed by atoms with E-state index in [9.17, 15) is 4.79 Å². The molecule has 0 spiro atoms. The monoisotopic (exact) mass is 345 g/mol. The topological polar surface area (TPSA) is 29.5 Å². The van der Waals surface area contributed by atoms with Crippen molar-refractivity contribution >= 4 is 16.7 Å². The standard InChI is InChI=1S/C23H23NO2/c1-24(2)20-15-14-17-13-12-16-8-6-7-11-19(16)21(17)22(20)26-23(25)18-9-4-3-5-10-18/h3-13,20,22H,14-15H2,1-2H3/t20-,22-/m0/s1. The summed E-state index contributed by atoms with van der Waals surface area (Å²) in [5.74, 6) is -0.261. The molecule has 0 aromatic heterocycles. The molecule has 0 bridgehead atoms. The highest BCUT2D eigenvalue weighted by atomic mass is 16.5. The Morgan fingerprint density at radius 3 is 2.46 bits per heavy atom. The quantitative estimate of drug-likeness (QED) is 0.649. The average Bonchev–Trinajstić information content (AvgIpc) is 2.68. The Morgan fingerprint density at radius 1 is 0.962 bits per heavy atom. The van der Waals surface area contributed by atoms with Gasteiger partial charge in [0.25, 0.3) is 0 Å². The van der Waals surface area contributed by atoms with E-state index in [-0.39, 0.29) is 18.1 Å². The van der Waals surface area contributed by atoms with Crippen molar-refractivity contribution in [1.82, 2.24) is 4.90 Å². The van der Waals surface area contributed by atoms with Gasteiger partial charge in [0, 0.05) is 5.56 Å². The highest BCUT2D eigenvalue weighted by molar-refractivity contribution is 5.91. The number of nitrogens with zero attached hydrogens (tertiary/aromatic N) is 1. The fourth-order valence-electron chi connectivity index (χ4n) is 3.97. The van der Waals surface area contributed by atoms with Crippen LogP contribution in [0.4, 0.5) is 0 Å². The van der Waals surface area contributed by atoms with Crippen LogP contribution in [-0.4, -0.2) is 31.0 Å². The number of carbonyl (C=O) groups excluding carboxylic acids is 1. The first-order valence-corrected chi connectivity index (χ1v) is 9.08. The summed E-state index contributed by atoms with van der Waals surface area (Å²) in [7, 11) is 4.12. The summed E-state index contributed by atoms with van der Waals surface area (Å²) in [4.78, 5) is 15.0. The summed E-state index contributed by atoms with van der Waals surface area (Å²) in [6, 6.07) is 22.1. The van der Waals surface area contributed by atoms with Gasteiger partial charge in [0.15, 0.2) is 0 Å². The molecule has 3 aromatic rings. The Labute approximate surface area is 154 Å². The van der Waals surface area contributed by atoms with E-state index in [2.05, 4.69) is 49.3 Å². The van der Waals surface area contributed by atoms with Gasteiger partial charge in [0.05, 0.1) is 11.6 Å². The molecule has 132 valence electrons. The van der Waals surface area contributed by atoms with Gasteiger partial charge in [-0.1, -0.05) is 54.6 Å². The number of esters is 1. The van der Waals surface area contributed by atoms with Gasteiger partial charge in [-0.2, -0.15) is 0 Å². The molecular weight excluding hydrogens is 322 g/mol. The van der Waals surface area contributed by atoms with Gasteiger partial charge in [0.1, 0.15) is 6.10 Å². The van der Waals surface area contributed by atoms with Crippen molar-refractivity contribution in [1.29, 1.82) is 0 Å². The summed E-state index contributed by atoms with van der Waals surface area (Å²) in [6.45, 7) is 0. The van der Waals surface area contributed by atoms with Gasteiger partial charge in [-0.3, -0.25) is 0 Å². The van der Waals surface area contributed by atoms with E-state index < -0.39 is 0 Å². The lowest BCUT2D eigenvalue weighted by molar-refractivity contribution is 0.00121. The maximum Gasteiger partial charge on any atom is 0.338 e. The molecule has 0 heterocycles. The molecule has 1 aliphatic rings. The van der Waals surface area contributed by atoms with E-state index >= 15 is 0 Å². The van der Waals surface area contributed by atoms with Crippen molar-refractivity contribution in [3.05, 3.63) is 83.4 Å². The van der Waals surface area contributed by atoms with Gasteiger partial charge >= 0.3 is 5.97 Å². The summed E-state index contributed by atoms with van der Waals surface area (Å²) < 4.78 is 6.11. The van der Waals surface area contributed by atoms with E-state index in [1.807, 2.05) is 24.3 Å². The zero-order valence-electron chi connectivity index (χ0n) is 15.2. The van der Waals surface area contributed by atoms with E-state index in [0.717, 1.165) is 18.4 Å². The Balaban J connectivity index is 1.80. The van der Waals surface area contributed by atoms with E-state index in [1.165, 1.54) is 16.3 Å². The Kier molecular flexibility index (Phi) is 4.48. The van der Waals surface area contributed by atoms with Crippen molar-refractivity contribution in [2.24, 2.45) is 0 Å². The van der Waals surface area contributed by atoms with Crippen molar-refractivity contribution in [3.8, 4) is 0 Å².